The summed E-state index contributed by atoms with van der Waals surface area (Å²) in [5.41, 5.74) is 0.269. The normalized spacial score (nSPS) is 13.2. The van der Waals surface area contributed by atoms with E-state index in [1.807, 2.05) is 25.1 Å². The van der Waals surface area contributed by atoms with E-state index in [1.165, 1.54) is 20.2 Å². The molecule has 1 heterocycles. The van der Waals surface area contributed by atoms with Gasteiger partial charge in [-0.05, 0) is 60.4 Å². The molecule has 0 saturated heterocycles. The molecule has 9 heteroatoms. The quantitative estimate of drug-likeness (QED) is 0.709. The molecule has 1 aromatic carbocycles. The molecular weight excluding hydrogens is 422 g/mol. The average molecular weight is 444 g/mol. The van der Waals surface area contributed by atoms with Gasteiger partial charge >= 0.3 is 0 Å². The number of hydrogen-bond donors (Lipinski definition) is 1. The molecule has 26 heavy (non-hydrogen) atoms. The van der Waals surface area contributed by atoms with Crippen LogP contribution in [0.15, 0.2) is 50.4 Å². The molecule has 142 valence electrons. The highest BCUT2D eigenvalue weighted by molar-refractivity contribution is 9.10. The number of rotatable bonds is 7. The van der Waals surface area contributed by atoms with Crippen LogP contribution in [0.3, 0.4) is 0 Å². The zero-order valence-electron chi connectivity index (χ0n) is 15.1. The number of nitrogens with one attached hydrogen (secondary N) is 1. The van der Waals surface area contributed by atoms with E-state index in [2.05, 4.69) is 21.2 Å². The van der Waals surface area contributed by atoms with Gasteiger partial charge in [-0.25, -0.2) is 12.7 Å². The molecule has 2 aromatic rings. The fourth-order valence-electron chi connectivity index (χ4n) is 2.35. The second-order valence-electron chi connectivity index (χ2n) is 6.14. The van der Waals surface area contributed by atoms with Crippen molar-refractivity contribution in [3.63, 3.8) is 0 Å². The SMILES string of the molecule is CN(C)C(CNC(=O)c1ccc(Br)c(S(=O)(=O)N(C)C)c1)c1ccco1. The lowest BCUT2D eigenvalue weighted by molar-refractivity contribution is 0.0939. The predicted molar refractivity (Wildman–Crippen MR) is 102 cm³/mol. The van der Waals surface area contributed by atoms with E-state index in [0.717, 1.165) is 10.1 Å². The summed E-state index contributed by atoms with van der Waals surface area (Å²) >= 11 is 3.23. The summed E-state index contributed by atoms with van der Waals surface area (Å²) in [6.45, 7) is 0.325. The number of hydrogen-bond acceptors (Lipinski definition) is 5. The van der Waals surface area contributed by atoms with E-state index >= 15 is 0 Å². The van der Waals surface area contributed by atoms with Gasteiger partial charge in [0, 0.05) is 30.7 Å². The second-order valence-corrected chi connectivity index (χ2v) is 9.11. The Balaban J connectivity index is 2.20. The first kappa shape index (κ1) is 20.6. The van der Waals surface area contributed by atoms with Crippen molar-refractivity contribution in [3.8, 4) is 0 Å². The summed E-state index contributed by atoms with van der Waals surface area (Å²) in [6, 6.07) is 8.01. The van der Waals surface area contributed by atoms with Gasteiger partial charge < -0.3 is 9.73 Å². The predicted octanol–water partition coefficient (Wildman–Crippen LogP) is 2.33. The highest BCUT2D eigenvalue weighted by atomic mass is 79.9. The Hall–Kier alpha value is -1.68. The third kappa shape index (κ3) is 4.53. The van der Waals surface area contributed by atoms with E-state index in [-0.39, 0.29) is 22.4 Å². The topological polar surface area (TPSA) is 82.9 Å². The minimum atomic E-state index is -3.66. The highest BCUT2D eigenvalue weighted by Crippen LogP contribution is 2.25. The number of likely N-dealkylation sites (N-methyl/N-ethyl adjacent to an activating group) is 1. The van der Waals surface area contributed by atoms with Gasteiger partial charge in [-0.1, -0.05) is 0 Å². The molecule has 2 rings (SSSR count). The van der Waals surface area contributed by atoms with E-state index in [0.29, 0.717) is 11.0 Å². The van der Waals surface area contributed by atoms with Crippen LogP contribution in [0, 0.1) is 0 Å². The van der Waals surface area contributed by atoms with Crippen LogP contribution in [0.25, 0.3) is 0 Å². The van der Waals surface area contributed by atoms with Gasteiger partial charge in [0.25, 0.3) is 5.91 Å². The summed E-state index contributed by atoms with van der Waals surface area (Å²) in [5, 5.41) is 2.83. The van der Waals surface area contributed by atoms with Crippen molar-refractivity contribution < 1.29 is 17.6 Å². The van der Waals surface area contributed by atoms with Gasteiger partial charge in [0.05, 0.1) is 17.2 Å². The molecule has 1 unspecified atom stereocenters. The Morgan fingerprint density at radius 3 is 2.46 bits per heavy atom. The first-order chi connectivity index (χ1) is 12.1. The molecule has 1 atom stereocenters. The monoisotopic (exact) mass is 443 g/mol. The van der Waals surface area contributed by atoms with Gasteiger partial charge in [-0.3, -0.25) is 9.69 Å². The summed E-state index contributed by atoms with van der Waals surface area (Å²) < 4.78 is 31.7. The maximum absolute atomic E-state index is 12.5. The largest absolute Gasteiger partial charge is 0.468 e. The van der Waals surface area contributed by atoms with Crippen LogP contribution in [-0.4, -0.2) is 58.3 Å². The molecule has 0 spiro atoms. The Morgan fingerprint density at radius 2 is 1.92 bits per heavy atom. The second kappa shape index (κ2) is 8.34. The third-order valence-corrected chi connectivity index (χ3v) is 6.71. The Kier molecular flexibility index (Phi) is 6.62. The van der Waals surface area contributed by atoms with Crippen molar-refractivity contribution in [3.05, 3.63) is 52.4 Å². The number of carbonyl (C=O) groups is 1. The van der Waals surface area contributed by atoms with Gasteiger partial charge in [-0.2, -0.15) is 0 Å². The van der Waals surface area contributed by atoms with Gasteiger partial charge in [-0.15, -0.1) is 0 Å². The van der Waals surface area contributed by atoms with Crippen molar-refractivity contribution in [2.24, 2.45) is 0 Å². The van der Waals surface area contributed by atoms with Crippen molar-refractivity contribution in [2.75, 3.05) is 34.7 Å². The van der Waals surface area contributed by atoms with E-state index in [4.69, 9.17) is 4.42 Å². The molecule has 1 N–H and O–H groups in total. The molecule has 0 bridgehead atoms. The minimum absolute atomic E-state index is 0.0466. The number of halogens is 1. The fourth-order valence-corrected chi connectivity index (χ4v) is 4.19. The zero-order valence-corrected chi connectivity index (χ0v) is 17.5. The highest BCUT2D eigenvalue weighted by Gasteiger charge is 2.23. The first-order valence-corrected chi connectivity index (χ1v) is 10.1. The van der Waals surface area contributed by atoms with Crippen LogP contribution in [-0.2, 0) is 10.0 Å². The molecular formula is C17H22BrN3O4S. The van der Waals surface area contributed by atoms with Crippen LogP contribution < -0.4 is 5.32 Å². The lowest BCUT2D eigenvalue weighted by atomic mass is 10.2. The van der Waals surface area contributed by atoms with Crippen LogP contribution in [0.2, 0.25) is 0 Å². The summed E-state index contributed by atoms with van der Waals surface area (Å²) in [4.78, 5) is 14.5. The minimum Gasteiger partial charge on any atom is -0.468 e. The molecule has 0 fully saturated rings. The number of amides is 1. The number of sulfonamides is 1. The van der Waals surface area contributed by atoms with Gasteiger partial charge in [0.15, 0.2) is 0 Å². The Morgan fingerprint density at radius 1 is 1.23 bits per heavy atom. The molecule has 1 aromatic heterocycles. The Labute approximate surface area is 162 Å². The lowest BCUT2D eigenvalue weighted by Gasteiger charge is -2.22. The number of nitrogens with zero attached hydrogens (tertiary/aromatic N) is 2. The molecule has 0 saturated carbocycles. The molecule has 0 radical (unpaired) electrons. The van der Waals surface area contributed by atoms with Crippen LogP contribution >= 0.6 is 15.9 Å². The van der Waals surface area contributed by atoms with Crippen LogP contribution in [0.4, 0.5) is 0 Å². The maximum Gasteiger partial charge on any atom is 0.251 e. The summed E-state index contributed by atoms with van der Waals surface area (Å²) in [7, 11) is 3.01. The van der Waals surface area contributed by atoms with Crippen molar-refractivity contribution in [2.45, 2.75) is 10.9 Å². The van der Waals surface area contributed by atoms with Gasteiger partial charge in [0.2, 0.25) is 10.0 Å². The van der Waals surface area contributed by atoms with E-state index in [1.54, 1.807) is 24.5 Å². The third-order valence-electron chi connectivity index (χ3n) is 3.90. The van der Waals surface area contributed by atoms with Crippen molar-refractivity contribution in [1.82, 2.24) is 14.5 Å². The Bertz CT molecular complexity index is 864. The summed E-state index contributed by atoms with van der Waals surface area (Å²) in [5.74, 6) is 0.382. The van der Waals surface area contributed by atoms with E-state index in [9.17, 15) is 13.2 Å². The zero-order chi connectivity index (χ0) is 19.5. The molecule has 7 nitrogen and oxygen atoms in total. The van der Waals surface area contributed by atoms with Crippen LogP contribution in [0.1, 0.15) is 22.2 Å². The maximum atomic E-state index is 12.5. The van der Waals surface area contributed by atoms with Crippen molar-refractivity contribution in [1.29, 1.82) is 0 Å². The molecule has 0 aliphatic rings. The smallest absolute Gasteiger partial charge is 0.251 e. The number of benzene rings is 1. The van der Waals surface area contributed by atoms with Crippen LogP contribution in [0.5, 0.6) is 0 Å². The summed E-state index contributed by atoms with van der Waals surface area (Å²) in [6.07, 6.45) is 1.58. The number of carbonyl (C=O) groups excluding carboxylic acids is 1. The average Bonchev–Trinajstić information content (AvgIpc) is 3.08. The lowest BCUT2D eigenvalue weighted by Crippen LogP contribution is -2.34. The van der Waals surface area contributed by atoms with E-state index < -0.39 is 10.0 Å². The first-order valence-electron chi connectivity index (χ1n) is 7.84. The fraction of sp³-hybridized carbons (Fsp3) is 0.353. The van der Waals surface area contributed by atoms with Crippen molar-refractivity contribution >= 4 is 31.9 Å². The molecule has 0 aliphatic heterocycles. The number of furan rings is 1. The molecule has 0 aliphatic carbocycles. The standard InChI is InChI=1S/C17H22BrN3O4S/c1-20(2)14(15-6-5-9-25-15)11-19-17(22)12-7-8-13(18)16(10-12)26(23,24)21(3)4/h5-10,14H,11H2,1-4H3,(H,19,22). The molecule has 1 amide bonds. The van der Waals surface area contributed by atoms with Gasteiger partial charge in [0.1, 0.15) is 5.76 Å².